The molecule has 0 spiro atoms. The molecule has 2 atom stereocenters. The maximum absolute atomic E-state index is 10.9. The topological polar surface area (TPSA) is 54.4 Å². The number of rotatable bonds is 2. The number of alkyl halides is 1. The van der Waals surface area contributed by atoms with Crippen molar-refractivity contribution in [3.63, 3.8) is 0 Å². The van der Waals surface area contributed by atoms with Crippen LogP contribution >= 0.6 is 15.9 Å². The van der Waals surface area contributed by atoms with E-state index in [4.69, 9.17) is 5.11 Å². The van der Waals surface area contributed by atoms with Crippen molar-refractivity contribution in [1.29, 1.82) is 0 Å². The lowest BCUT2D eigenvalue weighted by molar-refractivity contribution is 0.185. The molecule has 0 heterocycles. The SMILES string of the molecule is C[C@H](O)[C@@](C)(Br)S(C)(=O)=O. The molecule has 0 saturated heterocycles. The average Bonchev–Trinajstić information content (AvgIpc) is 1.62. The van der Waals surface area contributed by atoms with Crippen molar-refractivity contribution in [2.75, 3.05) is 6.26 Å². The van der Waals surface area contributed by atoms with Crippen LogP contribution in [0.1, 0.15) is 13.8 Å². The summed E-state index contributed by atoms with van der Waals surface area (Å²) in [5.41, 5.74) is 0. The first-order chi connectivity index (χ1) is 4.19. The first-order valence-electron chi connectivity index (χ1n) is 2.76. The van der Waals surface area contributed by atoms with Crippen LogP contribution in [0.3, 0.4) is 0 Å². The molecule has 0 aliphatic rings. The van der Waals surface area contributed by atoms with Crippen LogP contribution in [-0.4, -0.2) is 29.5 Å². The Morgan fingerprint density at radius 1 is 1.60 bits per heavy atom. The molecular weight excluding hydrogens is 220 g/mol. The molecule has 1 N–H and O–H groups in total. The van der Waals surface area contributed by atoms with Crippen molar-refractivity contribution in [2.45, 2.75) is 23.6 Å². The van der Waals surface area contributed by atoms with Gasteiger partial charge in [0, 0.05) is 6.26 Å². The van der Waals surface area contributed by atoms with Gasteiger partial charge in [-0.05, 0) is 13.8 Å². The van der Waals surface area contributed by atoms with Crippen molar-refractivity contribution in [1.82, 2.24) is 0 Å². The van der Waals surface area contributed by atoms with E-state index in [1.165, 1.54) is 13.8 Å². The minimum absolute atomic E-state index is 0.914. The minimum Gasteiger partial charge on any atom is -0.391 e. The van der Waals surface area contributed by atoms with Crippen molar-refractivity contribution in [3.05, 3.63) is 0 Å². The molecule has 0 amide bonds. The second kappa shape index (κ2) is 2.79. The molecule has 0 aromatic heterocycles. The summed E-state index contributed by atoms with van der Waals surface area (Å²) in [6.45, 7) is 2.85. The van der Waals surface area contributed by atoms with Gasteiger partial charge >= 0.3 is 0 Å². The molecule has 0 aromatic carbocycles. The average molecular weight is 231 g/mol. The van der Waals surface area contributed by atoms with Gasteiger partial charge in [-0.1, -0.05) is 15.9 Å². The Morgan fingerprint density at radius 3 is 1.90 bits per heavy atom. The van der Waals surface area contributed by atoms with Crippen LogP contribution in [0.15, 0.2) is 0 Å². The third-order valence-corrected chi connectivity index (χ3v) is 5.69. The van der Waals surface area contributed by atoms with E-state index >= 15 is 0 Å². The van der Waals surface area contributed by atoms with Gasteiger partial charge in [0.1, 0.15) is 3.66 Å². The van der Waals surface area contributed by atoms with E-state index in [-0.39, 0.29) is 0 Å². The molecule has 0 aromatic rings. The van der Waals surface area contributed by atoms with E-state index in [2.05, 4.69) is 15.9 Å². The summed E-state index contributed by atoms with van der Waals surface area (Å²) < 4.78 is 20.6. The summed E-state index contributed by atoms with van der Waals surface area (Å²) in [6.07, 6.45) is 0.163. The molecule has 3 nitrogen and oxygen atoms in total. The van der Waals surface area contributed by atoms with Crippen LogP contribution in [0.5, 0.6) is 0 Å². The third-order valence-electron chi connectivity index (χ3n) is 1.47. The van der Waals surface area contributed by atoms with E-state index in [0.29, 0.717) is 0 Å². The van der Waals surface area contributed by atoms with Gasteiger partial charge in [-0.15, -0.1) is 0 Å². The highest BCUT2D eigenvalue weighted by Crippen LogP contribution is 2.27. The van der Waals surface area contributed by atoms with Crippen molar-refractivity contribution >= 4 is 25.8 Å². The Hall–Kier alpha value is 0.390. The minimum atomic E-state index is -3.23. The number of hydrogen-bond donors (Lipinski definition) is 1. The summed E-state index contributed by atoms with van der Waals surface area (Å²) in [4.78, 5) is 0. The summed E-state index contributed by atoms with van der Waals surface area (Å²) in [6, 6.07) is 0. The normalized spacial score (nSPS) is 21.7. The molecule has 0 fully saturated rings. The number of aliphatic hydroxyl groups is 1. The van der Waals surface area contributed by atoms with Gasteiger partial charge in [0.25, 0.3) is 0 Å². The van der Waals surface area contributed by atoms with Crippen LogP contribution in [0.2, 0.25) is 0 Å². The number of hydrogen-bond acceptors (Lipinski definition) is 3. The first-order valence-corrected chi connectivity index (χ1v) is 5.44. The van der Waals surface area contributed by atoms with Gasteiger partial charge in [0.2, 0.25) is 0 Å². The van der Waals surface area contributed by atoms with E-state index in [1.54, 1.807) is 0 Å². The predicted molar refractivity (Wildman–Crippen MR) is 43.9 cm³/mol. The van der Waals surface area contributed by atoms with Gasteiger partial charge in [-0.2, -0.15) is 0 Å². The number of sulfone groups is 1. The van der Waals surface area contributed by atoms with Crippen molar-refractivity contribution in [3.8, 4) is 0 Å². The fourth-order valence-corrected chi connectivity index (χ4v) is 0.929. The van der Waals surface area contributed by atoms with Gasteiger partial charge < -0.3 is 5.11 Å². The molecule has 0 rings (SSSR count). The second-order valence-corrected chi connectivity index (χ2v) is 7.00. The lowest BCUT2D eigenvalue weighted by atomic mass is 10.3. The lowest BCUT2D eigenvalue weighted by Crippen LogP contribution is -2.38. The van der Waals surface area contributed by atoms with E-state index in [1.807, 2.05) is 0 Å². The predicted octanol–water partition coefficient (Wildman–Crippen LogP) is 0.523. The molecule has 62 valence electrons. The molecule has 10 heavy (non-hydrogen) atoms. The second-order valence-electron chi connectivity index (χ2n) is 2.43. The monoisotopic (exact) mass is 230 g/mol. The standard InChI is InChI=1S/C5H11BrO3S/c1-4(7)5(2,6)10(3,8)9/h4,7H,1-3H3/t4-,5-/m0/s1. The van der Waals surface area contributed by atoms with E-state index < -0.39 is 19.6 Å². The lowest BCUT2D eigenvalue weighted by Gasteiger charge is -2.22. The van der Waals surface area contributed by atoms with Crippen molar-refractivity contribution < 1.29 is 13.5 Å². The molecular formula is C5H11BrO3S. The Kier molecular flexibility index (Phi) is 2.90. The fraction of sp³-hybridized carbons (Fsp3) is 1.00. The molecule has 5 heteroatoms. The molecule has 0 aliphatic heterocycles. The van der Waals surface area contributed by atoms with Gasteiger partial charge in [0.05, 0.1) is 6.10 Å². The van der Waals surface area contributed by atoms with Crippen LogP contribution in [0.4, 0.5) is 0 Å². The Balaban J connectivity index is 4.76. The summed E-state index contributed by atoms with van der Waals surface area (Å²) in [5.74, 6) is 0. The smallest absolute Gasteiger partial charge is 0.165 e. The van der Waals surface area contributed by atoms with Crippen LogP contribution in [-0.2, 0) is 9.84 Å². The highest BCUT2D eigenvalue weighted by molar-refractivity contribution is 9.11. The zero-order valence-corrected chi connectivity index (χ0v) is 8.53. The zero-order valence-electron chi connectivity index (χ0n) is 6.13. The van der Waals surface area contributed by atoms with Gasteiger partial charge in [-0.25, -0.2) is 8.42 Å². The zero-order chi connectivity index (χ0) is 8.58. The van der Waals surface area contributed by atoms with Crippen LogP contribution in [0, 0.1) is 0 Å². The molecule has 0 unspecified atom stereocenters. The largest absolute Gasteiger partial charge is 0.391 e. The van der Waals surface area contributed by atoms with Crippen LogP contribution in [0.25, 0.3) is 0 Å². The highest BCUT2D eigenvalue weighted by Gasteiger charge is 2.37. The van der Waals surface area contributed by atoms with Crippen molar-refractivity contribution in [2.24, 2.45) is 0 Å². The van der Waals surface area contributed by atoms with E-state index in [0.717, 1.165) is 6.26 Å². The fourth-order valence-electron chi connectivity index (χ4n) is 0.310. The Labute approximate surface area is 69.5 Å². The highest BCUT2D eigenvalue weighted by atomic mass is 79.9. The summed E-state index contributed by atoms with van der Waals surface area (Å²) in [7, 11) is -3.23. The Morgan fingerprint density at radius 2 is 1.90 bits per heavy atom. The number of aliphatic hydroxyl groups excluding tert-OH is 1. The Bertz CT molecular complexity index is 205. The molecule has 0 aliphatic carbocycles. The van der Waals surface area contributed by atoms with E-state index in [9.17, 15) is 8.42 Å². The molecule has 0 saturated carbocycles. The van der Waals surface area contributed by atoms with Gasteiger partial charge in [-0.3, -0.25) is 0 Å². The quantitative estimate of drug-likeness (QED) is 0.705. The summed E-state index contributed by atoms with van der Waals surface area (Å²) >= 11 is 2.93. The maximum Gasteiger partial charge on any atom is 0.165 e. The molecule has 0 bridgehead atoms. The van der Waals surface area contributed by atoms with Gasteiger partial charge in [0.15, 0.2) is 9.84 Å². The maximum atomic E-state index is 10.9. The summed E-state index contributed by atoms with van der Waals surface area (Å²) in [5, 5.41) is 8.99. The molecule has 0 radical (unpaired) electrons. The third kappa shape index (κ3) is 1.93. The number of halogens is 1. The van der Waals surface area contributed by atoms with Crippen LogP contribution < -0.4 is 0 Å². The first kappa shape index (κ1) is 10.4.